The molecule has 1 aliphatic carbocycles. The molecular formula is C11H12N2O3. The summed E-state index contributed by atoms with van der Waals surface area (Å²) in [5.74, 6) is 0.785. The number of nitrogens with one attached hydrogen (secondary N) is 1. The molecule has 1 aliphatic rings. The van der Waals surface area contributed by atoms with Crippen LogP contribution in [0.25, 0.3) is 0 Å². The fraction of sp³-hybridized carbons (Fsp3) is 0.273. The second-order valence-corrected chi connectivity index (χ2v) is 2.97. The van der Waals surface area contributed by atoms with Crippen LogP contribution in [0.2, 0.25) is 0 Å². The number of nitriles is 1. The Morgan fingerprint density at radius 1 is 1.62 bits per heavy atom. The van der Waals surface area contributed by atoms with Crippen LogP contribution in [0.3, 0.4) is 0 Å². The molecule has 84 valence electrons. The van der Waals surface area contributed by atoms with Crippen LogP contribution in [0.4, 0.5) is 4.79 Å². The third-order valence-corrected chi connectivity index (χ3v) is 1.96. The van der Waals surface area contributed by atoms with E-state index in [2.05, 4.69) is 5.32 Å². The molecule has 0 spiro atoms. The molecule has 1 amide bonds. The highest BCUT2D eigenvalue weighted by molar-refractivity contribution is 5.69. The first-order chi connectivity index (χ1) is 7.71. The molecule has 0 heterocycles. The van der Waals surface area contributed by atoms with E-state index in [9.17, 15) is 4.79 Å². The molecule has 0 aromatic carbocycles. The van der Waals surface area contributed by atoms with Crippen molar-refractivity contribution in [3.8, 4) is 6.07 Å². The lowest BCUT2D eigenvalue weighted by atomic mass is 10.1. The Bertz CT molecular complexity index is 413. The minimum absolute atomic E-state index is 0.358. The van der Waals surface area contributed by atoms with E-state index in [-0.39, 0.29) is 0 Å². The molecule has 0 aromatic rings. The molecule has 0 aromatic heterocycles. The number of carbonyl (C=O) groups is 1. The summed E-state index contributed by atoms with van der Waals surface area (Å²) in [6, 6.07) is 1.94. The number of amides is 1. The number of methoxy groups -OCH3 is 1. The molecule has 0 atom stereocenters. The lowest BCUT2D eigenvalue weighted by Crippen LogP contribution is -2.20. The maximum atomic E-state index is 11.0. The highest BCUT2D eigenvalue weighted by Gasteiger charge is 2.15. The lowest BCUT2D eigenvalue weighted by molar-refractivity contribution is 0.166. The van der Waals surface area contributed by atoms with E-state index in [1.807, 2.05) is 6.07 Å². The van der Waals surface area contributed by atoms with Gasteiger partial charge in [-0.25, -0.2) is 4.79 Å². The Kier molecular flexibility index (Phi) is 4.16. The maximum Gasteiger partial charge on any atom is 0.412 e. The van der Waals surface area contributed by atoms with Crippen molar-refractivity contribution in [2.24, 2.45) is 0 Å². The predicted molar refractivity (Wildman–Crippen MR) is 57.0 cm³/mol. The van der Waals surface area contributed by atoms with E-state index in [0.29, 0.717) is 17.9 Å². The number of nitrogens with zero attached hydrogens (tertiary/aromatic N) is 1. The van der Waals surface area contributed by atoms with Crippen molar-refractivity contribution in [3.63, 3.8) is 0 Å². The van der Waals surface area contributed by atoms with Gasteiger partial charge in [-0.15, -0.1) is 0 Å². The second-order valence-electron chi connectivity index (χ2n) is 2.97. The van der Waals surface area contributed by atoms with Gasteiger partial charge >= 0.3 is 6.09 Å². The Morgan fingerprint density at radius 3 is 2.94 bits per heavy atom. The largest absolute Gasteiger partial charge is 0.493 e. The monoisotopic (exact) mass is 220 g/mol. The summed E-state index contributed by atoms with van der Waals surface area (Å²) < 4.78 is 10.0. The second kappa shape index (κ2) is 5.61. The maximum absolute atomic E-state index is 11.0. The number of ether oxygens (including phenoxy) is 2. The first-order valence-corrected chi connectivity index (χ1v) is 4.65. The van der Waals surface area contributed by atoms with Gasteiger partial charge in [0.1, 0.15) is 0 Å². The summed E-state index contributed by atoms with van der Waals surface area (Å²) in [7, 11) is 2.95. The van der Waals surface area contributed by atoms with E-state index < -0.39 is 6.09 Å². The minimum atomic E-state index is -0.554. The summed E-state index contributed by atoms with van der Waals surface area (Å²) in [4.78, 5) is 11.0. The van der Waals surface area contributed by atoms with Crippen molar-refractivity contribution in [1.82, 2.24) is 5.32 Å². The van der Waals surface area contributed by atoms with Crippen LogP contribution in [-0.2, 0) is 9.47 Å². The SMILES string of the molecule is CNC(=O)OC1=CCC(=CC#N)C=C1OC. The Balaban J connectivity index is 2.83. The molecule has 0 saturated heterocycles. The zero-order valence-corrected chi connectivity index (χ0v) is 9.11. The third-order valence-electron chi connectivity index (χ3n) is 1.96. The smallest absolute Gasteiger partial charge is 0.412 e. The summed E-state index contributed by atoms with van der Waals surface area (Å²) in [5, 5.41) is 10.9. The van der Waals surface area contributed by atoms with Crippen LogP contribution in [0.5, 0.6) is 0 Å². The van der Waals surface area contributed by atoms with Gasteiger partial charge in [-0.1, -0.05) is 0 Å². The van der Waals surface area contributed by atoms with E-state index in [4.69, 9.17) is 14.7 Å². The average molecular weight is 220 g/mol. The van der Waals surface area contributed by atoms with Crippen molar-refractivity contribution in [2.75, 3.05) is 14.2 Å². The van der Waals surface area contributed by atoms with Gasteiger partial charge in [-0.05, 0) is 24.1 Å². The molecule has 1 N–H and O–H groups in total. The zero-order valence-electron chi connectivity index (χ0n) is 9.11. The normalized spacial score (nSPS) is 16.9. The van der Waals surface area contributed by atoms with Crippen LogP contribution in [0.15, 0.2) is 35.3 Å². The van der Waals surface area contributed by atoms with Crippen LogP contribution in [-0.4, -0.2) is 20.3 Å². The molecule has 0 fully saturated rings. The van der Waals surface area contributed by atoms with Gasteiger partial charge in [0, 0.05) is 13.1 Å². The topological polar surface area (TPSA) is 71.3 Å². The third kappa shape index (κ3) is 2.89. The molecule has 0 aliphatic heterocycles. The highest BCUT2D eigenvalue weighted by atomic mass is 16.6. The molecule has 0 radical (unpaired) electrons. The molecule has 0 saturated carbocycles. The first-order valence-electron chi connectivity index (χ1n) is 4.65. The number of hydrogen-bond donors (Lipinski definition) is 1. The fourth-order valence-corrected chi connectivity index (χ4v) is 1.20. The molecule has 16 heavy (non-hydrogen) atoms. The molecule has 5 heteroatoms. The number of rotatable bonds is 2. The minimum Gasteiger partial charge on any atom is -0.493 e. The zero-order chi connectivity index (χ0) is 12.0. The number of carbonyl (C=O) groups excluding carboxylic acids is 1. The number of alkyl carbamates (subject to hydrolysis) is 1. The van der Waals surface area contributed by atoms with Crippen molar-refractivity contribution in [2.45, 2.75) is 6.42 Å². The summed E-state index contributed by atoms with van der Waals surface area (Å²) in [5.41, 5.74) is 0.809. The Morgan fingerprint density at radius 2 is 2.38 bits per heavy atom. The van der Waals surface area contributed by atoms with Crippen LogP contribution in [0.1, 0.15) is 6.42 Å². The van der Waals surface area contributed by atoms with Gasteiger partial charge < -0.3 is 14.8 Å². The molecular weight excluding hydrogens is 208 g/mol. The predicted octanol–water partition coefficient (Wildman–Crippen LogP) is 1.61. The standard InChI is InChI=1S/C11H12N2O3/c1-13-11(14)16-9-4-3-8(5-6-12)7-10(9)15-2/h4-5,7H,3H2,1-2H3,(H,13,14). The van der Waals surface area contributed by atoms with Crippen molar-refractivity contribution >= 4 is 6.09 Å². The number of hydrogen-bond acceptors (Lipinski definition) is 4. The fourth-order valence-electron chi connectivity index (χ4n) is 1.20. The van der Waals surface area contributed by atoms with Gasteiger partial charge in [-0.2, -0.15) is 5.26 Å². The van der Waals surface area contributed by atoms with E-state index in [0.717, 1.165) is 5.57 Å². The number of allylic oxidation sites excluding steroid dienone is 4. The van der Waals surface area contributed by atoms with Gasteiger partial charge in [0.05, 0.1) is 13.2 Å². The average Bonchev–Trinajstić information content (AvgIpc) is 2.31. The highest BCUT2D eigenvalue weighted by Crippen LogP contribution is 2.23. The summed E-state index contributed by atoms with van der Waals surface area (Å²) in [6.07, 6.45) is 4.76. The Labute approximate surface area is 93.6 Å². The van der Waals surface area contributed by atoms with Gasteiger partial charge in [0.25, 0.3) is 0 Å². The van der Waals surface area contributed by atoms with Crippen molar-refractivity contribution in [3.05, 3.63) is 35.3 Å². The molecule has 0 bridgehead atoms. The van der Waals surface area contributed by atoms with Crippen LogP contribution >= 0.6 is 0 Å². The van der Waals surface area contributed by atoms with Crippen molar-refractivity contribution in [1.29, 1.82) is 5.26 Å². The molecule has 0 unspecified atom stereocenters. The lowest BCUT2D eigenvalue weighted by Gasteiger charge is -2.15. The van der Waals surface area contributed by atoms with Crippen molar-refractivity contribution < 1.29 is 14.3 Å². The summed E-state index contributed by atoms with van der Waals surface area (Å²) >= 11 is 0. The Hall–Kier alpha value is -2.22. The van der Waals surface area contributed by atoms with E-state index >= 15 is 0 Å². The van der Waals surface area contributed by atoms with Crippen LogP contribution in [0, 0.1) is 11.3 Å². The van der Waals surface area contributed by atoms with E-state index in [1.54, 1.807) is 12.2 Å². The molecule has 1 rings (SSSR count). The molecule has 5 nitrogen and oxygen atoms in total. The van der Waals surface area contributed by atoms with E-state index in [1.165, 1.54) is 20.2 Å². The quantitative estimate of drug-likeness (QED) is 0.717. The van der Waals surface area contributed by atoms with Gasteiger partial charge in [-0.3, -0.25) is 0 Å². The van der Waals surface area contributed by atoms with Gasteiger partial charge in [0.15, 0.2) is 11.5 Å². The van der Waals surface area contributed by atoms with Crippen LogP contribution < -0.4 is 5.32 Å². The first kappa shape index (κ1) is 11.9. The van der Waals surface area contributed by atoms with Gasteiger partial charge in [0.2, 0.25) is 0 Å². The summed E-state index contributed by atoms with van der Waals surface area (Å²) in [6.45, 7) is 0.